The third-order valence-corrected chi connectivity index (χ3v) is 11.0. The van der Waals surface area contributed by atoms with Gasteiger partial charge in [0.25, 0.3) is 0 Å². The Morgan fingerprint density at radius 2 is 1.28 bits per heavy atom. The number of rotatable bonds is 28. The molecule has 0 spiro atoms. The maximum atomic E-state index is 13.0. The van der Waals surface area contributed by atoms with Crippen molar-refractivity contribution in [3.8, 4) is 0 Å². The van der Waals surface area contributed by atoms with Gasteiger partial charge in [-0.1, -0.05) is 139 Å². The van der Waals surface area contributed by atoms with Crippen LogP contribution in [0.5, 0.6) is 0 Å². The van der Waals surface area contributed by atoms with Crippen LogP contribution >= 0.6 is 0 Å². The summed E-state index contributed by atoms with van der Waals surface area (Å²) in [4.78, 5) is 27.9. The molecule has 314 valence electrons. The molecule has 0 bridgehead atoms. The molecule has 1 saturated heterocycles. The summed E-state index contributed by atoms with van der Waals surface area (Å²) in [6.07, 6.45) is 19.5. The first kappa shape index (κ1) is 45.9. The summed E-state index contributed by atoms with van der Waals surface area (Å²) in [5.74, 6) is -0.0814. The second-order valence-electron chi connectivity index (χ2n) is 15.9. The summed E-state index contributed by atoms with van der Waals surface area (Å²) in [6, 6.07) is 23.2. The van der Waals surface area contributed by atoms with Crippen LogP contribution in [0.15, 0.2) is 72.8 Å². The van der Waals surface area contributed by atoms with E-state index in [0.29, 0.717) is 24.2 Å². The van der Waals surface area contributed by atoms with Gasteiger partial charge in [0.05, 0.1) is 30.2 Å². The fraction of sp³-hybridized carbons (Fsp3) is 0.583. The number of hydrogen-bond acceptors (Lipinski definition) is 7. The molecular weight excluding hydrogens is 713 g/mol. The van der Waals surface area contributed by atoms with Gasteiger partial charge in [0.2, 0.25) is 11.8 Å². The number of anilines is 3. The normalized spacial score (nSPS) is 16.8. The first-order valence-corrected chi connectivity index (χ1v) is 22.2. The molecule has 4 rings (SSSR count). The van der Waals surface area contributed by atoms with Crippen molar-refractivity contribution in [3.05, 3.63) is 89.5 Å². The fourth-order valence-corrected chi connectivity index (χ4v) is 7.58. The standard InChI is InChI=1S/C48H72N4O5/c1-3-5-7-9-13-19-32-52(33-20-14-10-8-6-4-2)36-42-35-45(39-30-28-38(37-53)29-31-39)57-48(56-42)40-22-21-23-41(34-40)50-46(54)26-15-11-12-16-27-47(55)51-44-25-18-17-24-43(44)49/h17-18,21-25,28-31,34,42,45,48,53H,3-16,19-20,26-27,32-33,35-37,49H2,1-2H3,(H,50,54)(H,51,55)/t42-,45+,48+/m1/s1. The van der Waals surface area contributed by atoms with Gasteiger partial charge in [0.15, 0.2) is 6.29 Å². The highest BCUT2D eigenvalue weighted by atomic mass is 16.7. The lowest BCUT2D eigenvalue weighted by Crippen LogP contribution is -2.40. The van der Waals surface area contributed by atoms with E-state index in [4.69, 9.17) is 15.2 Å². The van der Waals surface area contributed by atoms with E-state index in [0.717, 1.165) is 74.1 Å². The average Bonchev–Trinajstić information content (AvgIpc) is 3.22. The molecule has 0 saturated carbocycles. The molecule has 0 aliphatic carbocycles. The number of amides is 2. The molecule has 0 unspecified atom stereocenters. The van der Waals surface area contributed by atoms with Crippen molar-refractivity contribution in [2.75, 3.05) is 36.0 Å². The van der Waals surface area contributed by atoms with Crippen LogP contribution in [-0.4, -0.2) is 47.6 Å². The molecule has 3 atom stereocenters. The van der Waals surface area contributed by atoms with Crippen molar-refractivity contribution in [1.29, 1.82) is 0 Å². The van der Waals surface area contributed by atoms with Crippen molar-refractivity contribution in [3.63, 3.8) is 0 Å². The fourth-order valence-electron chi connectivity index (χ4n) is 7.58. The number of hydrogen-bond donors (Lipinski definition) is 4. The van der Waals surface area contributed by atoms with Gasteiger partial charge in [-0.3, -0.25) is 9.59 Å². The Morgan fingerprint density at radius 3 is 1.91 bits per heavy atom. The second kappa shape index (κ2) is 27.0. The van der Waals surface area contributed by atoms with E-state index in [9.17, 15) is 14.7 Å². The zero-order valence-corrected chi connectivity index (χ0v) is 35.0. The van der Waals surface area contributed by atoms with E-state index < -0.39 is 6.29 Å². The summed E-state index contributed by atoms with van der Waals surface area (Å²) in [5, 5.41) is 15.6. The molecule has 0 aromatic heterocycles. The number of unbranched alkanes of at least 4 members (excludes halogenated alkanes) is 13. The van der Waals surface area contributed by atoms with Crippen LogP contribution in [0.2, 0.25) is 0 Å². The lowest BCUT2D eigenvalue weighted by atomic mass is 9.99. The van der Waals surface area contributed by atoms with Crippen molar-refractivity contribution >= 4 is 28.9 Å². The van der Waals surface area contributed by atoms with Crippen LogP contribution in [-0.2, 0) is 25.7 Å². The minimum atomic E-state index is -0.580. The van der Waals surface area contributed by atoms with Crippen molar-refractivity contribution < 1.29 is 24.2 Å². The number of carbonyl (C=O) groups is 2. The van der Waals surface area contributed by atoms with Gasteiger partial charge in [0, 0.05) is 37.1 Å². The molecule has 1 heterocycles. The molecule has 1 fully saturated rings. The predicted molar refractivity (Wildman–Crippen MR) is 234 cm³/mol. The third kappa shape index (κ3) is 17.7. The van der Waals surface area contributed by atoms with Gasteiger partial charge in [-0.25, -0.2) is 0 Å². The number of aliphatic hydroxyl groups excluding tert-OH is 1. The monoisotopic (exact) mass is 785 g/mol. The quantitative estimate of drug-likeness (QED) is 0.0426. The van der Waals surface area contributed by atoms with E-state index in [2.05, 4.69) is 41.5 Å². The van der Waals surface area contributed by atoms with Crippen molar-refractivity contribution in [2.45, 2.75) is 161 Å². The van der Waals surface area contributed by atoms with Gasteiger partial charge in [-0.05, 0) is 74.2 Å². The molecular formula is C48H72N4O5. The summed E-state index contributed by atoms with van der Waals surface area (Å²) < 4.78 is 13.5. The molecule has 3 aromatic rings. The topological polar surface area (TPSA) is 126 Å². The Bertz CT molecular complexity index is 1550. The zero-order valence-electron chi connectivity index (χ0n) is 35.0. The van der Waals surface area contributed by atoms with E-state index >= 15 is 0 Å². The minimum absolute atomic E-state index is 0.00863. The van der Waals surface area contributed by atoms with E-state index in [1.807, 2.05) is 48.5 Å². The van der Waals surface area contributed by atoms with E-state index in [1.54, 1.807) is 12.1 Å². The molecule has 9 heteroatoms. The third-order valence-electron chi connectivity index (χ3n) is 11.0. The molecule has 3 aromatic carbocycles. The van der Waals surface area contributed by atoms with Gasteiger partial charge in [0.1, 0.15) is 0 Å². The number of nitrogens with one attached hydrogen (secondary N) is 2. The Balaban J connectivity index is 1.33. The highest BCUT2D eigenvalue weighted by Gasteiger charge is 2.33. The Morgan fingerprint density at radius 1 is 0.684 bits per heavy atom. The minimum Gasteiger partial charge on any atom is -0.397 e. The van der Waals surface area contributed by atoms with Gasteiger partial charge in [-0.2, -0.15) is 0 Å². The van der Waals surface area contributed by atoms with Gasteiger partial charge >= 0.3 is 0 Å². The first-order valence-electron chi connectivity index (χ1n) is 22.2. The highest BCUT2D eigenvalue weighted by molar-refractivity contribution is 5.93. The summed E-state index contributed by atoms with van der Waals surface area (Å²) in [7, 11) is 0. The number of nitrogens with two attached hydrogens (primary N) is 1. The maximum Gasteiger partial charge on any atom is 0.224 e. The van der Waals surface area contributed by atoms with E-state index in [1.165, 1.54) is 77.0 Å². The smallest absolute Gasteiger partial charge is 0.224 e. The first-order chi connectivity index (χ1) is 27.9. The maximum absolute atomic E-state index is 13.0. The van der Waals surface area contributed by atoms with Crippen LogP contribution in [0.3, 0.4) is 0 Å². The van der Waals surface area contributed by atoms with Gasteiger partial charge < -0.3 is 35.8 Å². The number of para-hydroxylation sites is 2. The van der Waals surface area contributed by atoms with E-state index in [-0.39, 0.29) is 30.6 Å². The van der Waals surface area contributed by atoms with Crippen LogP contribution in [0.4, 0.5) is 17.1 Å². The Hall–Kier alpha value is -3.76. The number of ether oxygens (including phenoxy) is 2. The largest absolute Gasteiger partial charge is 0.397 e. The number of nitrogen functional groups attached to an aromatic ring is 1. The summed E-state index contributed by atoms with van der Waals surface area (Å²) >= 11 is 0. The van der Waals surface area contributed by atoms with Crippen LogP contribution in [0.25, 0.3) is 0 Å². The van der Waals surface area contributed by atoms with Crippen LogP contribution in [0.1, 0.15) is 165 Å². The lowest BCUT2D eigenvalue weighted by molar-refractivity contribution is -0.253. The van der Waals surface area contributed by atoms with Crippen LogP contribution in [0, 0.1) is 0 Å². The molecule has 0 radical (unpaired) electrons. The average molecular weight is 785 g/mol. The molecule has 1 aliphatic heterocycles. The summed E-state index contributed by atoms with van der Waals surface area (Å²) in [6.45, 7) is 7.58. The van der Waals surface area contributed by atoms with Crippen molar-refractivity contribution in [1.82, 2.24) is 4.90 Å². The Kier molecular flexibility index (Phi) is 21.8. The highest BCUT2D eigenvalue weighted by Crippen LogP contribution is 2.39. The predicted octanol–water partition coefficient (Wildman–Crippen LogP) is 11.2. The number of carbonyl (C=O) groups excluding carboxylic acids is 2. The van der Waals surface area contributed by atoms with Crippen LogP contribution < -0.4 is 16.4 Å². The lowest BCUT2D eigenvalue weighted by Gasteiger charge is -2.38. The number of nitrogens with zero attached hydrogens (tertiary/aromatic N) is 1. The number of benzene rings is 3. The van der Waals surface area contributed by atoms with Crippen molar-refractivity contribution in [2.24, 2.45) is 0 Å². The molecule has 1 aliphatic rings. The molecule has 5 N–H and O–H groups in total. The van der Waals surface area contributed by atoms with Gasteiger partial charge in [-0.15, -0.1) is 0 Å². The summed E-state index contributed by atoms with van der Waals surface area (Å²) in [5.41, 5.74) is 10.7. The zero-order chi connectivity index (χ0) is 40.5. The SMILES string of the molecule is CCCCCCCCN(CCCCCCCC)C[C@H]1C[C@@H](c2ccc(CO)cc2)O[C@@H](c2cccc(NC(=O)CCCCCCC(=O)Nc3ccccc3N)c2)O1. The molecule has 57 heavy (non-hydrogen) atoms. The Labute approximate surface area is 343 Å². The molecule has 9 nitrogen and oxygen atoms in total. The molecule has 2 amide bonds. The number of aliphatic hydroxyl groups is 1. The second-order valence-corrected chi connectivity index (χ2v) is 15.9.